The highest BCUT2D eigenvalue weighted by Crippen LogP contribution is 2.22. The van der Waals surface area contributed by atoms with Crippen molar-refractivity contribution in [1.82, 2.24) is 5.32 Å². The minimum absolute atomic E-state index is 0.0653. The number of carbonyl (C=O) groups excluding carboxylic acids is 1. The van der Waals surface area contributed by atoms with Crippen LogP contribution >= 0.6 is 0 Å². The van der Waals surface area contributed by atoms with Gasteiger partial charge in [-0.25, -0.2) is 0 Å². The summed E-state index contributed by atoms with van der Waals surface area (Å²) in [6.07, 6.45) is -0.565. The summed E-state index contributed by atoms with van der Waals surface area (Å²) in [5.41, 5.74) is 3.57. The molecule has 0 fully saturated rings. The highest BCUT2D eigenvalue weighted by atomic mass is 16.5. The lowest BCUT2D eigenvalue weighted by molar-refractivity contribution is -0.127. The van der Waals surface area contributed by atoms with Crippen molar-refractivity contribution < 1.29 is 9.53 Å². The molecule has 3 aromatic carbocycles. The highest BCUT2D eigenvalue weighted by molar-refractivity contribution is 5.84. The first kappa shape index (κ1) is 18.0. The summed E-state index contributed by atoms with van der Waals surface area (Å²) in [4.78, 5) is 12.5. The lowest BCUT2D eigenvalue weighted by atomic mass is 10.0. The first-order valence-corrected chi connectivity index (χ1v) is 8.97. The Labute approximate surface area is 155 Å². The topological polar surface area (TPSA) is 38.3 Å². The fourth-order valence-electron chi connectivity index (χ4n) is 2.95. The van der Waals surface area contributed by atoms with Crippen LogP contribution in [0.4, 0.5) is 0 Å². The van der Waals surface area contributed by atoms with Crippen molar-refractivity contribution in [3.05, 3.63) is 77.4 Å². The van der Waals surface area contributed by atoms with Crippen molar-refractivity contribution in [1.29, 1.82) is 0 Å². The van der Waals surface area contributed by atoms with Crippen molar-refractivity contribution in [2.75, 3.05) is 0 Å². The van der Waals surface area contributed by atoms with E-state index in [2.05, 4.69) is 43.4 Å². The summed E-state index contributed by atoms with van der Waals surface area (Å²) in [7, 11) is 0. The molecule has 0 spiro atoms. The van der Waals surface area contributed by atoms with Gasteiger partial charge in [-0.2, -0.15) is 0 Å². The predicted molar refractivity (Wildman–Crippen MR) is 107 cm³/mol. The molecule has 0 aliphatic heterocycles. The highest BCUT2D eigenvalue weighted by Gasteiger charge is 2.18. The molecule has 0 aliphatic rings. The number of fused-ring (bicyclic) bond motifs is 1. The van der Waals surface area contributed by atoms with E-state index in [9.17, 15) is 4.79 Å². The van der Waals surface area contributed by atoms with Gasteiger partial charge in [0, 0.05) is 0 Å². The number of amides is 1. The van der Waals surface area contributed by atoms with E-state index in [-0.39, 0.29) is 11.9 Å². The van der Waals surface area contributed by atoms with E-state index < -0.39 is 6.10 Å². The summed E-state index contributed by atoms with van der Waals surface area (Å²) in [5, 5.41) is 5.29. The zero-order valence-electron chi connectivity index (χ0n) is 15.7. The van der Waals surface area contributed by atoms with Crippen LogP contribution in [0, 0.1) is 13.8 Å². The Bertz CT molecular complexity index is 932. The van der Waals surface area contributed by atoms with E-state index in [1.807, 2.05) is 43.3 Å². The Morgan fingerprint density at radius 2 is 1.62 bits per heavy atom. The number of carbonyl (C=O) groups is 1. The molecule has 0 aromatic heterocycles. The molecule has 2 atom stereocenters. The second-order valence-corrected chi connectivity index (χ2v) is 6.84. The zero-order valence-corrected chi connectivity index (χ0v) is 15.7. The van der Waals surface area contributed by atoms with Gasteiger partial charge in [0.25, 0.3) is 5.91 Å². The third kappa shape index (κ3) is 4.05. The Kier molecular flexibility index (Phi) is 5.27. The van der Waals surface area contributed by atoms with E-state index in [1.165, 1.54) is 11.1 Å². The molecule has 3 heteroatoms. The monoisotopic (exact) mass is 347 g/mol. The summed E-state index contributed by atoms with van der Waals surface area (Å²) >= 11 is 0. The molecular formula is C23H25NO2. The van der Waals surface area contributed by atoms with Crippen LogP contribution in [0.1, 0.15) is 36.6 Å². The van der Waals surface area contributed by atoms with Crippen LogP contribution in [0.25, 0.3) is 10.8 Å². The summed E-state index contributed by atoms with van der Waals surface area (Å²) < 4.78 is 5.85. The molecule has 1 N–H and O–H groups in total. The lowest BCUT2D eigenvalue weighted by Crippen LogP contribution is -2.37. The van der Waals surface area contributed by atoms with Gasteiger partial charge < -0.3 is 10.1 Å². The van der Waals surface area contributed by atoms with Gasteiger partial charge in [-0.05, 0) is 67.3 Å². The molecule has 0 heterocycles. The molecule has 0 bridgehead atoms. The van der Waals surface area contributed by atoms with Gasteiger partial charge in [0.15, 0.2) is 6.10 Å². The summed E-state index contributed by atoms with van der Waals surface area (Å²) in [6, 6.07) is 20.2. The van der Waals surface area contributed by atoms with Crippen LogP contribution in [-0.4, -0.2) is 12.0 Å². The predicted octanol–water partition coefficient (Wildman–Crippen LogP) is 5.10. The molecule has 0 aliphatic carbocycles. The van der Waals surface area contributed by atoms with Gasteiger partial charge in [0.05, 0.1) is 6.04 Å². The lowest BCUT2D eigenvalue weighted by Gasteiger charge is -2.20. The molecule has 1 amide bonds. The van der Waals surface area contributed by atoms with E-state index >= 15 is 0 Å². The Hall–Kier alpha value is -2.81. The van der Waals surface area contributed by atoms with Crippen LogP contribution in [0.2, 0.25) is 0 Å². The molecule has 3 aromatic rings. The van der Waals surface area contributed by atoms with Crippen LogP contribution < -0.4 is 10.1 Å². The Balaban J connectivity index is 1.65. The maximum absolute atomic E-state index is 12.5. The van der Waals surface area contributed by atoms with E-state index in [1.54, 1.807) is 6.92 Å². The van der Waals surface area contributed by atoms with Gasteiger partial charge in [0.1, 0.15) is 5.75 Å². The van der Waals surface area contributed by atoms with E-state index in [4.69, 9.17) is 4.74 Å². The van der Waals surface area contributed by atoms with Gasteiger partial charge in [-0.15, -0.1) is 0 Å². The number of nitrogens with one attached hydrogen (secondary N) is 1. The van der Waals surface area contributed by atoms with Crippen LogP contribution in [0.3, 0.4) is 0 Å². The zero-order chi connectivity index (χ0) is 18.7. The second-order valence-electron chi connectivity index (χ2n) is 6.84. The van der Waals surface area contributed by atoms with Gasteiger partial charge in [0.2, 0.25) is 0 Å². The maximum Gasteiger partial charge on any atom is 0.261 e. The largest absolute Gasteiger partial charge is 0.481 e. The molecule has 0 radical (unpaired) electrons. The molecule has 3 rings (SSSR count). The minimum atomic E-state index is -0.565. The van der Waals surface area contributed by atoms with Crippen molar-refractivity contribution >= 4 is 16.7 Å². The average molecular weight is 347 g/mol. The number of ether oxygens (including phenoxy) is 1. The molecule has 26 heavy (non-hydrogen) atoms. The van der Waals surface area contributed by atoms with Crippen molar-refractivity contribution in [3.63, 3.8) is 0 Å². The van der Waals surface area contributed by atoms with Crippen LogP contribution in [-0.2, 0) is 4.79 Å². The molecule has 0 saturated heterocycles. The van der Waals surface area contributed by atoms with Gasteiger partial charge in [-0.3, -0.25) is 4.79 Å². The summed E-state index contributed by atoms with van der Waals surface area (Å²) in [5.74, 6) is 0.578. The summed E-state index contributed by atoms with van der Waals surface area (Å²) in [6.45, 7) is 7.93. The molecule has 0 unspecified atom stereocenters. The first-order valence-electron chi connectivity index (χ1n) is 8.97. The van der Waals surface area contributed by atoms with E-state index in [0.717, 1.165) is 16.3 Å². The number of hydrogen-bond donors (Lipinski definition) is 1. The third-order valence-electron chi connectivity index (χ3n) is 4.79. The number of benzene rings is 3. The van der Waals surface area contributed by atoms with Crippen molar-refractivity contribution in [2.45, 2.75) is 39.8 Å². The van der Waals surface area contributed by atoms with Gasteiger partial charge >= 0.3 is 0 Å². The second kappa shape index (κ2) is 7.61. The number of rotatable bonds is 5. The minimum Gasteiger partial charge on any atom is -0.481 e. The molecule has 134 valence electrons. The molecule has 0 saturated carbocycles. The van der Waals surface area contributed by atoms with Crippen LogP contribution in [0.5, 0.6) is 5.75 Å². The fraction of sp³-hybridized carbons (Fsp3) is 0.261. The van der Waals surface area contributed by atoms with Crippen molar-refractivity contribution in [2.24, 2.45) is 0 Å². The third-order valence-corrected chi connectivity index (χ3v) is 4.79. The van der Waals surface area contributed by atoms with Crippen molar-refractivity contribution in [3.8, 4) is 5.75 Å². The average Bonchev–Trinajstić information content (AvgIpc) is 2.63. The maximum atomic E-state index is 12.5. The SMILES string of the molecule is Cc1ccc([C@H](C)NC(=O)[C@@H](C)Oc2ccc3ccccc3c2)cc1C. The normalized spacial score (nSPS) is 13.2. The number of hydrogen-bond acceptors (Lipinski definition) is 2. The Morgan fingerprint density at radius 3 is 2.35 bits per heavy atom. The number of aryl methyl sites for hydroxylation is 2. The fourth-order valence-corrected chi connectivity index (χ4v) is 2.95. The quantitative estimate of drug-likeness (QED) is 0.697. The molecular weight excluding hydrogens is 322 g/mol. The smallest absolute Gasteiger partial charge is 0.261 e. The standard InChI is InChI=1S/C23H25NO2/c1-15-9-10-20(13-16(15)2)17(3)24-23(25)18(4)26-22-12-11-19-7-5-6-8-21(19)14-22/h5-14,17-18H,1-4H3,(H,24,25)/t17-,18+/m0/s1. The van der Waals surface area contributed by atoms with Gasteiger partial charge in [-0.1, -0.05) is 48.5 Å². The van der Waals surface area contributed by atoms with Crippen LogP contribution in [0.15, 0.2) is 60.7 Å². The molecule has 3 nitrogen and oxygen atoms in total. The van der Waals surface area contributed by atoms with E-state index in [0.29, 0.717) is 5.75 Å². The first-order chi connectivity index (χ1) is 12.4. The Morgan fingerprint density at radius 1 is 0.885 bits per heavy atom.